The van der Waals surface area contributed by atoms with E-state index in [9.17, 15) is 19.2 Å². The molecule has 0 unspecified atom stereocenters. The van der Waals surface area contributed by atoms with Gasteiger partial charge in [0.1, 0.15) is 12.3 Å². The number of aryl methyl sites for hydroxylation is 2. The summed E-state index contributed by atoms with van der Waals surface area (Å²) in [5.41, 5.74) is 2.46. The first kappa shape index (κ1) is 24.6. The molecule has 0 aliphatic heterocycles. The van der Waals surface area contributed by atoms with Crippen LogP contribution in [0.25, 0.3) is 11.0 Å². The van der Waals surface area contributed by atoms with Crippen molar-refractivity contribution in [3.05, 3.63) is 58.5 Å². The Kier molecular flexibility index (Phi) is 8.07. The summed E-state index contributed by atoms with van der Waals surface area (Å²) in [6.07, 6.45) is 0.767. The lowest BCUT2D eigenvalue weighted by atomic mass is 10.2. The van der Waals surface area contributed by atoms with Crippen molar-refractivity contribution in [1.29, 1.82) is 0 Å². The second-order valence-electron chi connectivity index (χ2n) is 7.70. The summed E-state index contributed by atoms with van der Waals surface area (Å²) in [4.78, 5) is 49.2. The van der Waals surface area contributed by atoms with Gasteiger partial charge in [0.05, 0.1) is 30.4 Å². The summed E-state index contributed by atoms with van der Waals surface area (Å²) < 4.78 is 13.2. The van der Waals surface area contributed by atoms with E-state index in [0.717, 1.165) is 17.5 Å². The average Bonchev–Trinajstić information content (AvgIpc) is 3.08. The molecular formula is C24H28N4O6. The first-order valence-corrected chi connectivity index (χ1v) is 10.9. The number of hydrogen-bond acceptors (Lipinski definition) is 6. The van der Waals surface area contributed by atoms with Crippen LogP contribution < -0.4 is 21.1 Å². The van der Waals surface area contributed by atoms with Gasteiger partial charge in [0, 0.05) is 6.54 Å². The minimum atomic E-state index is -0.731. The normalized spacial score (nSPS) is 10.7. The largest absolute Gasteiger partial charge is 0.495 e. The van der Waals surface area contributed by atoms with Crippen LogP contribution in [0, 0.1) is 6.92 Å². The van der Waals surface area contributed by atoms with Crippen LogP contribution in [0.3, 0.4) is 0 Å². The summed E-state index contributed by atoms with van der Waals surface area (Å²) in [5.74, 6) is -1.33. The van der Waals surface area contributed by atoms with Gasteiger partial charge in [-0.3, -0.25) is 23.5 Å². The summed E-state index contributed by atoms with van der Waals surface area (Å²) in [6, 6.07) is 12.5. The Bertz CT molecular complexity index is 1260. The van der Waals surface area contributed by atoms with E-state index in [2.05, 4.69) is 10.6 Å². The molecule has 10 nitrogen and oxygen atoms in total. The number of nitrogens with zero attached hydrogens (tertiary/aromatic N) is 2. The van der Waals surface area contributed by atoms with E-state index in [0.29, 0.717) is 23.5 Å². The minimum Gasteiger partial charge on any atom is -0.495 e. The number of imidazole rings is 1. The molecule has 3 aromatic rings. The number of aromatic nitrogens is 2. The number of fused-ring (bicyclic) bond motifs is 1. The maximum Gasteiger partial charge on any atom is 0.329 e. The zero-order valence-electron chi connectivity index (χ0n) is 19.4. The zero-order valence-corrected chi connectivity index (χ0v) is 19.4. The zero-order chi connectivity index (χ0) is 24.7. The number of benzene rings is 2. The number of carbonyl (C=O) groups is 3. The second kappa shape index (κ2) is 11.2. The molecule has 180 valence electrons. The highest BCUT2D eigenvalue weighted by molar-refractivity contribution is 5.96. The predicted molar refractivity (Wildman–Crippen MR) is 127 cm³/mol. The molecule has 0 saturated carbocycles. The van der Waals surface area contributed by atoms with E-state index in [4.69, 9.17) is 9.47 Å². The van der Waals surface area contributed by atoms with Crippen molar-refractivity contribution in [2.24, 2.45) is 0 Å². The molecule has 1 aromatic heterocycles. The van der Waals surface area contributed by atoms with E-state index >= 15 is 0 Å². The maximum atomic E-state index is 12.7. The molecule has 0 saturated heterocycles. The monoisotopic (exact) mass is 468 g/mol. The highest BCUT2D eigenvalue weighted by Gasteiger charge is 2.17. The quantitative estimate of drug-likeness (QED) is 0.438. The molecule has 34 heavy (non-hydrogen) atoms. The van der Waals surface area contributed by atoms with Gasteiger partial charge in [0.2, 0.25) is 5.91 Å². The Labute approximate surface area is 196 Å². The van der Waals surface area contributed by atoms with Crippen LogP contribution in [0.15, 0.2) is 47.3 Å². The maximum absolute atomic E-state index is 12.7. The third-order valence-corrected chi connectivity index (χ3v) is 5.10. The predicted octanol–water partition coefficient (Wildman–Crippen LogP) is 1.83. The summed E-state index contributed by atoms with van der Waals surface area (Å²) in [7, 11) is 1.49. The second-order valence-corrected chi connectivity index (χ2v) is 7.70. The van der Waals surface area contributed by atoms with Crippen molar-refractivity contribution in [3.63, 3.8) is 0 Å². The number of methoxy groups -OCH3 is 1. The highest BCUT2D eigenvalue weighted by atomic mass is 16.5. The van der Waals surface area contributed by atoms with Crippen molar-refractivity contribution < 1.29 is 23.9 Å². The minimum absolute atomic E-state index is 0.308. The van der Waals surface area contributed by atoms with E-state index in [1.54, 1.807) is 28.8 Å². The fraction of sp³-hybridized carbons (Fsp3) is 0.333. The summed E-state index contributed by atoms with van der Waals surface area (Å²) in [5, 5.41) is 5.06. The van der Waals surface area contributed by atoms with E-state index < -0.39 is 24.4 Å². The number of rotatable bonds is 10. The number of anilines is 1. The number of amides is 2. The number of hydrogen-bond donors (Lipinski definition) is 2. The van der Waals surface area contributed by atoms with Gasteiger partial charge in [-0.1, -0.05) is 25.1 Å². The number of ether oxygens (including phenoxy) is 2. The van der Waals surface area contributed by atoms with Crippen LogP contribution in [0.5, 0.6) is 5.75 Å². The van der Waals surface area contributed by atoms with E-state index in [1.165, 1.54) is 11.7 Å². The molecule has 10 heteroatoms. The molecule has 0 fully saturated rings. The van der Waals surface area contributed by atoms with Gasteiger partial charge < -0.3 is 20.1 Å². The van der Waals surface area contributed by atoms with Crippen LogP contribution in [0.4, 0.5) is 5.69 Å². The van der Waals surface area contributed by atoms with Gasteiger partial charge in [-0.15, -0.1) is 0 Å². The van der Waals surface area contributed by atoms with Crippen LogP contribution >= 0.6 is 0 Å². The van der Waals surface area contributed by atoms with Crippen LogP contribution in [-0.4, -0.2) is 47.2 Å². The Hall–Kier alpha value is -4.08. The van der Waals surface area contributed by atoms with Crippen molar-refractivity contribution in [2.45, 2.75) is 33.4 Å². The van der Waals surface area contributed by atoms with Crippen molar-refractivity contribution >= 4 is 34.5 Å². The molecule has 0 aliphatic carbocycles. The molecule has 2 N–H and O–H groups in total. The van der Waals surface area contributed by atoms with Crippen molar-refractivity contribution in [3.8, 4) is 5.75 Å². The Balaban J connectivity index is 1.52. The van der Waals surface area contributed by atoms with Crippen molar-refractivity contribution in [1.82, 2.24) is 14.5 Å². The van der Waals surface area contributed by atoms with Crippen LogP contribution in [0.2, 0.25) is 0 Å². The molecule has 0 spiro atoms. The lowest BCUT2D eigenvalue weighted by Gasteiger charge is -2.11. The molecule has 2 aromatic carbocycles. The molecule has 0 bridgehead atoms. The molecule has 2 amide bonds. The number of para-hydroxylation sites is 2. The molecule has 0 atom stereocenters. The highest BCUT2D eigenvalue weighted by Crippen LogP contribution is 2.24. The molecular weight excluding hydrogens is 440 g/mol. The topological polar surface area (TPSA) is 121 Å². The smallest absolute Gasteiger partial charge is 0.329 e. The Morgan fingerprint density at radius 1 is 1.00 bits per heavy atom. The fourth-order valence-corrected chi connectivity index (χ4v) is 3.53. The Morgan fingerprint density at radius 3 is 2.38 bits per heavy atom. The number of nitrogens with one attached hydrogen (secondary N) is 2. The number of carbonyl (C=O) groups excluding carboxylic acids is 3. The summed E-state index contributed by atoms with van der Waals surface area (Å²) in [6.45, 7) is 3.17. The standard InChI is InChI=1S/C24H28N4O6/c1-4-11-27-18-7-5-6-8-19(18)28(24(27)32)14-23(31)34-15-22(30)25-13-21(29)26-17-12-16(2)9-10-20(17)33-3/h5-10,12H,4,11,13-15H2,1-3H3,(H,25,30)(H,26,29). The Morgan fingerprint density at radius 2 is 1.71 bits per heavy atom. The van der Waals surface area contributed by atoms with Gasteiger partial charge >= 0.3 is 11.7 Å². The van der Waals surface area contributed by atoms with E-state index in [-0.39, 0.29) is 18.8 Å². The summed E-state index contributed by atoms with van der Waals surface area (Å²) >= 11 is 0. The SMILES string of the molecule is CCCn1c(=O)n(CC(=O)OCC(=O)NCC(=O)Nc2cc(C)ccc2OC)c2ccccc21. The van der Waals surface area contributed by atoms with Gasteiger partial charge in [-0.25, -0.2) is 4.79 Å². The van der Waals surface area contributed by atoms with Gasteiger partial charge in [0.15, 0.2) is 6.61 Å². The van der Waals surface area contributed by atoms with Crippen molar-refractivity contribution in [2.75, 3.05) is 25.6 Å². The van der Waals surface area contributed by atoms with Gasteiger partial charge in [-0.2, -0.15) is 0 Å². The van der Waals surface area contributed by atoms with Gasteiger partial charge in [0.25, 0.3) is 5.91 Å². The van der Waals surface area contributed by atoms with Gasteiger partial charge in [-0.05, 0) is 43.2 Å². The third kappa shape index (κ3) is 5.83. The third-order valence-electron chi connectivity index (χ3n) is 5.10. The van der Waals surface area contributed by atoms with Crippen LogP contribution in [-0.2, 0) is 32.2 Å². The first-order valence-electron chi connectivity index (χ1n) is 10.9. The molecule has 0 aliphatic rings. The lowest BCUT2D eigenvalue weighted by Crippen LogP contribution is -2.36. The fourth-order valence-electron chi connectivity index (χ4n) is 3.53. The van der Waals surface area contributed by atoms with Crippen LogP contribution in [0.1, 0.15) is 18.9 Å². The molecule has 3 rings (SSSR count). The number of esters is 1. The van der Waals surface area contributed by atoms with E-state index in [1.807, 2.05) is 32.0 Å². The lowest BCUT2D eigenvalue weighted by molar-refractivity contribution is -0.149. The molecule has 1 heterocycles. The molecule has 0 radical (unpaired) electrons. The first-order chi connectivity index (χ1) is 16.3. The average molecular weight is 469 g/mol.